The molecule has 0 atom stereocenters. The topological polar surface area (TPSA) is 61.2 Å². The summed E-state index contributed by atoms with van der Waals surface area (Å²) in [7, 11) is 0. The second-order valence-corrected chi connectivity index (χ2v) is 5.19. The van der Waals surface area contributed by atoms with Gasteiger partial charge in [0, 0.05) is 18.3 Å². The van der Waals surface area contributed by atoms with Crippen LogP contribution in [0.15, 0.2) is 35.3 Å². The molecule has 0 saturated carbocycles. The summed E-state index contributed by atoms with van der Waals surface area (Å²) in [6.07, 6.45) is 0.915. The summed E-state index contributed by atoms with van der Waals surface area (Å²) in [6, 6.07) is 3.15. The van der Waals surface area contributed by atoms with Gasteiger partial charge in [-0.05, 0) is 19.1 Å². The minimum Gasteiger partial charge on any atom is -0.462 e. The molecule has 2 aromatic heterocycles. The molecule has 0 unspecified atom stereocenters. The highest BCUT2D eigenvalue weighted by Crippen LogP contribution is 2.22. The molecule has 9 heteroatoms. The Morgan fingerprint density at radius 3 is 2.54 bits per heavy atom. The van der Waals surface area contributed by atoms with E-state index in [1.54, 1.807) is 0 Å². The van der Waals surface area contributed by atoms with Gasteiger partial charge in [-0.2, -0.15) is 4.39 Å². The van der Waals surface area contributed by atoms with Crippen LogP contribution in [0.1, 0.15) is 17.3 Å². The van der Waals surface area contributed by atoms with Crippen LogP contribution in [0, 0.1) is 23.4 Å². The number of nitrogens with zero attached hydrogens (tertiary/aromatic N) is 2. The number of fused-ring (bicyclic) bond motifs is 1. The van der Waals surface area contributed by atoms with Crippen molar-refractivity contribution in [3.05, 3.63) is 69.6 Å². The van der Waals surface area contributed by atoms with Crippen molar-refractivity contribution < 1.29 is 27.1 Å². The third-order valence-electron chi connectivity index (χ3n) is 3.56. The first-order chi connectivity index (χ1) is 12.3. The van der Waals surface area contributed by atoms with Gasteiger partial charge in [0.15, 0.2) is 5.82 Å². The molecule has 3 rings (SSSR count). The molecule has 2 heterocycles. The van der Waals surface area contributed by atoms with E-state index in [0.717, 1.165) is 22.9 Å². The third-order valence-corrected chi connectivity index (χ3v) is 3.56. The van der Waals surface area contributed by atoms with Crippen molar-refractivity contribution in [2.75, 3.05) is 6.61 Å². The Hall–Kier alpha value is -3.23. The third kappa shape index (κ3) is 2.92. The van der Waals surface area contributed by atoms with Gasteiger partial charge in [-0.3, -0.25) is 4.79 Å². The van der Waals surface area contributed by atoms with Crippen molar-refractivity contribution in [1.29, 1.82) is 0 Å². The number of halogens is 4. The fraction of sp³-hybridized carbons (Fsp3) is 0.118. The molecule has 0 spiro atoms. The smallest absolute Gasteiger partial charge is 0.343 e. The number of pyridine rings is 2. The quantitative estimate of drug-likeness (QED) is 0.406. The minimum atomic E-state index is -1.55. The van der Waals surface area contributed by atoms with E-state index in [2.05, 4.69) is 4.98 Å². The van der Waals surface area contributed by atoms with Gasteiger partial charge in [0.25, 0.3) is 0 Å². The second-order valence-electron chi connectivity index (χ2n) is 5.19. The molecular weight excluding hydrogens is 356 g/mol. The van der Waals surface area contributed by atoms with Crippen LogP contribution >= 0.6 is 0 Å². The highest BCUT2D eigenvalue weighted by molar-refractivity contribution is 5.93. The Kier molecular flexibility index (Phi) is 4.45. The molecule has 26 heavy (non-hydrogen) atoms. The van der Waals surface area contributed by atoms with Crippen LogP contribution < -0.4 is 5.43 Å². The summed E-state index contributed by atoms with van der Waals surface area (Å²) in [6.45, 7) is 1.46. The predicted octanol–water partition coefficient (Wildman–Crippen LogP) is 3.12. The number of carbonyl (C=O) groups excluding carboxylic acids is 1. The molecule has 5 nitrogen and oxygen atoms in total. The second kappa shape index (κ2) is 6.58. The predicted molar refractivity (Wildman–Crippen MR) is 83.1 cm³/mol. The molecule has 0 aliphatic heterocycles. The first-order valence-corrected chi connectivity index (χ1v) is 7.37. The molecule has 0 aliphatic carbocycles. The fourth-order valence-corrected chi connectivity index (χ4v) is 2.42. The van der Waals surface area contributed by atoms with Crippen molar-refractivity contribution in [2.45, 2.75) is 6.92 Å². The SMILES string of the molecule is CCOC(=O)c1cn(-c2ccc(F)cc2F)c2cc(F)c(F)nc2c1=O. The van der Waals surface area contributed by atoms with E-state index in [4.69, 9.17) is 4.74 Å². The lowest BCUT2D eigenvalue weighted by Gasteiger charge is -2.14. The number of hydrogen-bond acceptors (Lipinski definition) is 4. The zero-order chi connectivity index (χ0) is 19.0. The van der Waals surface area contributed by atoms with Crippen LogP contribution in [-0.2, 0) is 4.74 Å². The number of esters is 1. The Morgan fingerprint density at radius 1 is 1.15 bits per heavy atom. The molecule has 3 aromatic rings. The van der Waals surface area contributed by atoms with E-state index < -0.39 is 45.9 Å². The van der Waals surface area contributed by atoms with Crippen molar-refractivity contribution in [3.8, 4) is 5.69 Å². The van der Waals surface area contributed by atoms with Gasteiger partial charge in [-0.1, -0.05) is 0 Å². The summed E-state index contributed by atoms with van der Waals surface area (Å²) in [4.78, 5) is 27.6. The molecule has 134 valence electrons. The van der Waals surface area contributed by atoms with E-state index >= 15 is 0 Å². The van der Waals surface area contributed by atoms with Crippen molar-refractivity contribution >= 4 is 17.0 Å². The maximum atomic E-state index is 14.2. The molecule has 0 aliphatic rings. The van der Waals surface area contributed by atoms with Crippen LogP contribution in [0.2, 0.25) is 0 Å². The van der Waals surface area contributed by atoms with Crippen molar-refractivity contribution in [2.24, 2.45) is 0 Å². The lowest BCUT2D eigenvalue weighted by atomic mass is 10.2. The van der Waals surface area contributed by atoms with Gasteiger partial charge >= 0.3 is 5.97 Å². The van der Waals surface area contributed by atoms with Crippen LogP contribution in [0.25, 0.3) is 16.7 Å². The fourth-order valence-electron chi connectivity index (χ4n) is 2.42. The van der Waals surface area contributed by atoms with Crippen molar-refractivity contribution in [3.63, 3.8) is 0 Å². The van der Waals surface area contributed by atoms with E-state index in [1.165, 1.54) is 6.92 Å². The van der Waals surface area contributed by atoms with E-state index in [1.807, 2.05) is 0 Å². The number of carbonyl (C=O) groups is 1. The first-order valence-electron chi connectivity index (χ1n) is 7.37. The lowest BCUT2D eigenvalue weighted by Crippen LogP contribution is -2.22. The monoisotopic (exact) mass is 366 g/mol. The number of hydrogen-bond donors (Lipinski definition) is 0. The Bertz CT molecular complexity index is 1100. The van der Waals surface area contributed by atoms with E-state index in [9.17, 15) is 27.2 Å². The van der Waals surface area contributed by atoms with Gasteiger partial charge in [0.2, 0.25) is 11.4 Å². The number of aromatic nitrogens is 2. The Balaban J connectivity index is 2.43. The number of ether oxygens (including phenoxy) is 1. The van der Waals surface area contributed by atoms with E-state index in [0.29, 0.717) is 12.1 Å². The van der Waals surface area contributed by atoms with Crippen LogP contribution in [-0.4, -0.2) is 22.1 Å². The molecule has 0 saturated heterocycles. The molecule has 1 aromatic carbocycles. The maximum Gasteiger partial charge on any atom is 0.343 e. The molecule has 0 bridgehead atoms. The van der Waals surface area contributed by atoms with Crippen LogP contribution in [0.5, 0.6) is 0 Å². The summed E-state index contributed by atoms with van der Waals surface area (Å²) < 4.78 is 60.1. The van der Waals surface area contributed by atoms with Crippen LogP contribution in [0.3, 0.4) is 0 Å². The van der Waals surface area contributed by atoms with Crippen molar-refractivity contribution in [1.82, 2.24) is 9.55 Å². The normalized spacial score (nSPS) is 11.0. The lowest BCUT2D eigenvalue weighted by molar-refractivity contribution is 0.0524. The summed E-state index contributed by atoms with van der Waals surface area (Å²) >= 11 is 0. The summed E-state index contributed by atoms with van der Waals surface area (Å²) in [5, 5.41) is 0. The Morgan fingerprint density at radius 2 is 1.88 bits per heavy atom. The molecule has 0 N–H and O–H groups in total. The van der Waals surface area contributed by atoms with Gasteiger partial charge in [0.05, 0.1) is 17.8 Å². The van der Waals surface area contributed by atoms with Gasteiger partial charge in [0.1, 0.15) is 22.7 Å². The average Bonchev–Trinajstić information content (AvgIpc) is 2.58. The highest BCUT2D eigenvalue weighted by Gasteiger charge is 2.21. The summed E-state index contributed by atoms with van der Waals surface area (Å²) in [5.41, 5.74) is -2.75. The minimum absolute atomic E-state index is 0.0492. The molecular formula is C17H10F4N2O3. The maximum absolute atomic E-state index is 14.2. The Labute approximate surface area is 143 Å². The van der Waals surface area contributed by atoms with Crippen LogP contribution in [0.4, 0.5) is 17.6 Å². The largest absolute Gasteiger partial charge is 0.462 e. The van der Waals surface area contributed by atoms with Gasteiger partial charge in [-0.25, -0.2) is 22.9 Å². The molecule has 0 fully saturated rings. The highest BCUT2D eigenvalue weighted by atomic mass is 19.2. The molecule has 0 radical (unpaired) electrons. The zero-order valence-corrected chi connectivity index (χ0v) is 13.2. The number of rotatable bonds is 3. The van der Waals surface area contributed by atoms with Gasteiger partial charge in [-0.15, -0.1) is 0 Å². The number of benzene rings is 1. The standard InChI is InChI=1S/C17H10F4N2O3/c1-2-26-17(25)9-7-23(12-4-3-8(18)5-10(12)19)13-6-11(20)16(21)22-14(13)15(9)24/h3-7H,2H2,1H3. The van der Waals surface area contributed by atoms with Gasteiger partial charge < -0.3 is 9.30 Å². The average molecular weight is 366 g/mol. The molecule has 0 amide bonds. The first kappa shape index (κ1) is 17.6. The summed E-state index contributed by atoms with van der Waals surface area (Å²) in [5.74, 6) is -5.88. The zero-order valence-electron chi connectivity index (χ0n) is 13.2. The van der Waals surface area contributed by atoms with E-state index in [-0.39, 0.29) is 17.8 Å².